The molecule has 6 heteroatoms. The van der Waals surface area contributed by atoms with Crippen molar-refractivity contribution in [1.82, 2.24) is 9.78 Å². The van der Waals surface area contributed by atoms with E-state index in [1.165, 1.54) is 12.1 Å². The largest absolute Gasteiger partial charge is 0.545 e. The van der Waals surface area contributed by atoms with Gasteiger partial charge < -0.3 is 15.6 Å². The van der Waals surface area contributed by atoms with E-state index >= 15 is 0 Å². The number of nitrogens with two attached hydrogens (primary N) is 1. The Morgan fingerprint density at radius 2 is 1.73 bits per heavy atom. The van der Waals surface area contributed by atoms with Gasteiger partial charge in [0, 0.05) is 10.6 Å². The van der Waals surface area contributed by atoms with Gasteiger partial charge in [0.15, 0.2) is 0 Å². The molecule has 2 aromatic carbocycles. The van der Waals surface area contributed by atoms with Crippen molar-refractivity contribution >= 4 is 23.4 Å². The standard InChI is InChI=1S/C16H12ClN3O2/c17-12-5-1-10(2-6-12)14-9-19-20(15(14)18)13-7-3-11(4-8-13)16(21)22/h1-9H,18H2,(H,21,22)/p-1. The van der Waals surface area contributed by atoms with Crippen molar-refractivity contribution in [1.29, 1.82) is 0 Å². The second-order valence-corrected chi connectivity index (χ2v) is 5.13. The van der Waals surface area contributed by atoms with Gasteiger partial charge in [-0.05, 0) is 35.4 Å². The van der Waals surface area contributed by atoms with Crippen molar-refractivity contribution in [2.45, 2.75) is 0 Å². The Morgan fingerprint density at radius 1 is 1.09 bits per heavy atom. The molecule has 3 aromatic rings. The highest BCUT2D eigenvalue weighted by molar-refractivity contribution is 6.30. The van der Waals surface area contributed by atoms with E-state index in [1.807, 2.05) is 12.1 Å². The van der Waals surface area contributed by atoms with Crippen LogP contribution in [-0.2, 0) is 0 Å². The Bertz CT molecular complexity index is 824. The molecule has 0 aliphatic carbocycles. The first-order chi connectivity index (χ1) is 10.6. The van der Waals surface area contributed by atoms with Gasteiger partial charge in [-0.1, -0.05) is 35.9 Å². The maximum absolute atomic E-state index is 10.8. The number of nitrogen functional groups attached to an aromatic ring is 1. The summed E-state index contributed by atoms with van der Waals surface area (Å²) in [5.74, 6) is -0.759. The van der Waals surface area contributed by atoms with Crippen LogP contribution in [-0.4, -0.2) is 15.7 Å². The monoisotopic (exact) mass is 312 g/mol. The lowest BCUT2D eigenvalue weighted by molar-refractivity contribution is -0.255. The molecule has 1 heterocycles. The summed E-state index contributed by atoms with van der Waals surface area (Å²) in [6.07, 6.45) is 1.66. The van der Waals surface area contributed by atoms with Gasteiger partial charge in [0.2, 0.25) is 0 Å². The van der Waals surface area contributed by atoms with Crippen LogP contribution in [0.25, 0.3) is 16.8 Å². The molecule has 1 aromatic heterocycles. The number of carbonyl (C=O) groups excluding carboxylic acids is 1. The minimum absolute atomic E-state index is 0.104. The zero-order valence-electron chi connectivity index (χ0n) is 11.4. The Morgan fingerprint density at radius 3 is 2.32 bits per heavy atom. The molecule has 0 amide bonds. The normalized spacial score (nSPS) is 10.6. The number of carbonyl (C=O) groups is 1. The predicted molar refractivity (Wildman–Crippen MR) is 82.8 cm³/mol. The first-order valence-electron chi connectivity index (χ1n) is 6.47. The number of hydrogen-bond acceptors (Lipinski definition) is 4. The van der Waals surface area contributed by atoms with Crippen LogP contribution in [0.15, 0.2) is 54.7 Å². The predicted octanol–water partition coefficient (Wildman–Crippen LogP) is 2.14. The molecule has 0 saturated heterocycles. The lowest BCUT2D eigenvalue weighted by atomic mass is 10.1. The summed E-state index contributed by atoms with van der Waals surface area (Å²) in [4.78, 5) is 10.8. The summed E-state index contributed by atoms with van der Waals surface area (Å²) in [6.45, 7) is 0. The van der Waals surface area contributed by atoms with Gasteiger partial charge >= 0.3 is 0 Å². The molecule has 0 fully saturated rings. The Labute approximate surface area is 131 Å². The maximum atomic E-state index is 10.8. The smallest absolute Gasteiger partial charge is 0.135 e. The summed E-state index contributed by atoms with van der Waals surface area (Å²) in [5.41, 5.74) is 8.60. The third-order valence-electron chi connectivity index (χ3n) is 3.31. The van der Waals surface area contributed by atoms with Crippen LogP contribution in [0.1, 0.15) is 10.4 Å². The van der Waals surface area contributed by atoms with Crippen LogP contribution in [0.4, 0.5) is 5.82 Å². The molecule has 0 atom stereocenters. The van der Waals surface area contributed by atoms with Crippen LogP contribution >= 0.6 is 11.6 Å². The number of carboxylic acids is 1. The third-order valence-corrected chi connectivity index (χ3v) is 3.56. The average molecular weight is 313 g/mol. The molecule has 0 saturated carbocycles. The molecule has 2 N–H and O–H groups in total. The number of carboxylic acid groups (broad SMARTS) is 1. The van der Waals surface area contributed by atoms with Crippen molar-refractivity contribution in [2.24, 2.45) is 0 Å². The maximum Gasteiger partial charge on any atom is 0.135 e. The van der Waals surface area contributed by atoms with E-state index in [0.717, 1.165) is 11.1 Å². The number of rotatable bonds is 3. The van der Waals surface area contributed by atoms with Crippen molar-refractivity contribution < 1.29 is 9.90 Å². The first kappa shape index (κ1) is 14.2. The number of benzene rings is 2. The molecule has 0 radical (unpaired) electrons. The van der Waals surface area contributed by atoms with E-state index in [2.05, 4.69) is 5.10 Å². The van der Waals surface area contributed by atoms with Gasteiger partial charge in [0.25, 0.3) is 0 Å². The molecule has 3 rings (SSSR count). The number of aromatic carboxylic acids is 1. The number of hydrogen-bond donors (Lipinski definition) is 1. The van der Waals surface area contributed by atoms with Crippen LogP contribution in [0, 0.1) is 0 Å². The SMILES string of the molecule is Nc1c(-c2ccc(Cl)cc2)cnn1-c1ccc(C(=O)[O-])cc1. The molecule has 110 valence electrons. The Kier molecular flexibility index (Phi) is 3.56. The van der Waals surface area contributed by atoms with Crippen LogP contribution < -0.4 is 10.8 Å². The van der Waals surface area contributed by atoms with Crippen LogP contribution in [0.2, 0.25) is 5.02 Å². The molecule has 22 heavy (non-hydrogen) atoms. The summed E-state index contributed by atoms with van der Waals surface area (Å²) in [6, 6.07) is 13.4. The van der Waals surface area contributed by atoms with Crippen molar-refractivity contribution in [2.75, 3.05) is 5.73 Å². The molecule has 0 spiro atoms. The van der Waals surface area contributed by atoms with Gasteiger partial charge in [-0.15, -0.1) is 0 Å². The summed E-state index contributed by atoms with van der Waals surface area (Å²) >= 11 is 5.88. The molecular weight excluding hydrogens is 302 g/mol. The highest BCUT2D eigenvalue weighted by atomic mass is 35.5. The zero-order valence-corrected chi connectivity index (χ0v) is 12.1. The van der Waals surface area contributed by atoms with E-state index in [1.54, 1.807) is 35.1 Å². The zero-order chi connectivity index (χ0) is 15.7. The number of aromatic nitrogens is 2. The minimum atomic E-state index is -1.22. The van der Waals surface area contributed by atoms with Crippen LogP contribution in [0.3, 0.4) is 0 Å². The number of nitrogens with zero attached hydrogens (tertiary/aromatic N) is 2. The summed E-state index contributed by atoms with van der Waals surface area (Å²) in [5, 5.41) is 15.7. The van der Waals surface area contributed by atoms with Crippen molar-refractivity contribution in [3.05, 3.63) is 65.3 Å². The molecule has 5 nitrogen and oxygen atoms in total. The summed E-state index contributed by atoms with van der Waals surface area (Å²) < 4.78 is 1.54. The van der Waals surface area contributed by atoms with E-state index in [-0.39, 0.29) is 5.56 Å². The Hall–Kier alpha value is -2.79. The molecule has 0 unspecified atom stereocenters. The lowest BCUT2D eigenvalue weighted by Crippen LogP contribution is -2.22. The number of halogens is 1. The van der Waals surface area contributed by atoms with Gasteiger partial charge in [-0.2, -0.15) is 5.10 Å². The highest BCUT2D eigenvalue weighted by Crippen LogP contribution is 2.28. The third kappa shape index (κ3) is 2.54. The first-order valence-corrected chi connectivity index (χ1v) is 6.85. The second-order valence-electron chi connectivity index (χ2n) is 4.70. The fourth-order valence-electron chi connectivity index (χ4n) is 2.15. The highest BCUT2D eigenvalue weighted by Gasteiger charge is 2.11. The molecule has 0 bridgehead atoms. The quantitative estimate of drug-likeness (QED) is 0.803. The topological polar surface area (TPSA) is 84.0 Å². The van der Waals surface area contributed by atoms with Crippen molar-refractivity contribution in [3.8, 4) is 16.8 Å². The van der Waals surface area contributed by atoms with Gasteiger partial charge in [0.1, 0.15) is 5.82 Å². The molecule has 0 aliphatic heterocycles. The van der Waals surface area contributed by atoms with Gasteiger partial charge in [-0.25, -0.2) is 4.68 Å². The van der Waals surface area contributed by atoms with E-state index in [4.69, 9.17) is 17.3 Å². The van der Waals surface area contributed by atoms with Crippen molar-refractivity contribution in [3.63, 3.8) is 0 Å². The molecular formula is C16H11ClN3O2-. The second kappa shape index (κ2) is 5.54. The fraction of sp³-hybridized carbons (Fsp3) is 0. The van der Waals surface area contributed by atoms with E-state index in [0.29, 0.717) is 16.5 Å². The van der Waals surface area contributed by atoms with Crippen LogP contribution in [0.5, 0.6) is 0 Å². The Balaban J connectivity index is 1.99. The lowest BCUT2D eigenvalue weighted by Gasteiger charge is -2.07. The van der Waals surface area contributed by atoms with Gasteiger partial charge in [0.05, 0.1) is 17.9 Å². The van der Waals surface area contributed by atoms with E-state index < -0.39 is 5.97 Å². The average Bonchev–Trinajstić information content (AvgIpc) is 2.90. The summed E-state index contributed by atoms with van der Waals surface area (Å²) in [7, 11) is 0. The van der Waals surface area contributed by atoms with E-state index in [9.17, 15) is 9.90 Å². The number of anilines is 1. The molecule has 0 aliphatic rings. The fourth-order valence-corrected chi connectivity index (χ4v) is 2.28. The minimum Gasteiger partial charge on any atom is -0.545 e. The van der Waals surface area contributed by atoms with Gasteiger partial charge in [-0.3, -0.25) is 0 Å².